The van der Waals surface area contributed by atoms with Gasteiger partial charge < -0.3 is 4.74 Å². The van der Waals surface area contributed by atoms with Crippen LogP contribution in [0.1, 0.15) is 22.3 Å². The van der Waals surface area contributed by atoms with Gasteiger partial charge in [0.1, 0.15) is 22.5 Å². The molecule has 168 valence electrons. The van der Waals surface area contributed by atoms with E-state index in [-0.39, 0.29) is 18.3 Å². The topological polar surface area (TPSA) is 29.5 Å². The van der Waals surface area contributed by atoms with Crippen molar-refractivity contribution in [3.8, 4) is 5.75 Å². The molecule has 3 aromatic carbocycles. The molecule has 0 atom stereocenters. The molecule has 1 heterocycles. The lowest BCUT2D eigenvalue weighted by molar-refractivity contribution is -0.122. The predicted octanol–water partition coefficient (Wildman–Crippen LogP) is 7.64. The van der Waals surface area contributed by atoms with Crippen LogP contribution in [0, 0.1) is 12.7 Å². The Morgan fingerprint density at radius 2 is 1.76 bits per heavy atom. The molecule has 8 heteroatoms. The lowest BCUT2D eigenvalue weighted by atomic mass is 10.1. The van der Waals surface area contributed by atoms with Gasteiger partial charge in [0.2, 0.25) is 0 Å². The number of ether oxygens (including phenoxy) is 1. The van der Waals surface area contributed by atoms with Crippen LogP contribution in [0.3, 0.4) is 0 Å². The zero-order valence-corrected chi connectivity index (χ0v) is 22.3. The van der Waals surface area contributed by atoms with Gasteiger partial charge in [0.25, 0.3) is 5.91 Å². The van der Waals surface area contributed by atoms with Gasteiger partial charge in [-0.15, -0.1) is 0 Å². The molecular weight excluding hydrogens is 589 g/mol. The first-order valence-electron chi connectivity index (χ1n) is 9.97. The average molecular weight is 607 g/mol. The van der Waals surface area contributed by atoms with Gasteiger partial charge in [0.05, 0.1) is 20.4 Å². The molecule has 33 heavy (non-hydrogen) atoms. The van der Waals surface area contributed by atoms with Crippen molar-refractivity contribution in [1.82, 2.24) is 4.90 Å². The van der Waals surface area contributed by atoms with Crippen LogP contribution in [0.15, 0.2) is 74.5 Å². The highest BCUT2D eigenvalue weighted by Crippen LogP contribution is 2.38. The molecule has 4 rings (SSSR count). The van der Waals surface area contributed by atoms with Crippen LogP contribution in [-0.4, -0.2) is 15.1 Å². The molecule has 1 saturated heterocycles. The number of amides is 1. The SMILES string of the molecule is Cc1ccc(CN2C(=O)/C(=C/c3cc(Br)c(OCc4cccc(F)c4)c(Br)c3)SC2=S)cc1. The number of rotatable bonds is 6. The minimum Gasteiger partial charge on any atom is -0.487 e. The number of benzene rings is 3. The Kier molecular flexibility index (Phi) is 7.69. The number of aryl methyl sites for hydroxylation is 1. The summed E-state index contributed by atoms with van der Waals surface area (Å²) in [6, 6.07) is 18.1. The van der Waals surface area contributed by atoms with E-state index in [1.54, 1.807) is 17.0 Å². The van der Waals surface area contributed by atoms with E-state index in [1.165, 1.54) is 29.5 Å². The van der Waals surface area contributed by atoms with Crippen LogP contribution in [0.4, 0.5) is 4.39 Å². The number of hydrogen-bond donors (Lipinski definition) is 0. The Hall–Kier alpha value is -2.00. The third kappa shape index (κ3) is 5.93. The number of hydrogen-bond acceptors (Lipinski definition) is 4. The molecule has 1 aliphatic heterocycles. The third-order valence-corrected chi connectivity index (χ3v) is 7.48. The van der Waals surface area contributed by atoms with E-state index in [0.717, 1.165) is 25.6 Å². The Bertz CT molecular complexity index is 1240. The quantitative estimate of drug-likeness (QED) is 0.213. The zero-order valence-electron chi connectivity index (χ0n) is 17.5. The van der Waals surface area contributed by atoms with E-state index < -0.39 is 0 Å². The van der Waals surface area contributed by atoms with Crippen molar-refractivity contribution < 1.29 is 13.9 Å². The summed E-state index contributed by atoms with van der Waals surface area (Å²) in [6.07, 6.45) is 1.82. The van der Waals surface area contributed by atoms with Crippen molar-refractivity contribution in [1.29, 1.82) is 0 Å². The molecule has 0 radical (unpaired) electrons. The minimum absolute atomic E-state index is 0.107. The highest BCUT2D eigenvalue weighted by atomic mass is 79.9. The Labute approximate surface area is 218 Å². The maximum atomic E-state index is 13.4. The monoisotopic (exact) mass is 605 g/mol. The van der Waals surface area contributed by atoms with Gasteiger partial charge in [0.15, 0.2) is 0 Å². The van der Waals surface area contributed by atoms with Gasteiger partial charge in [-0.1, -0.05) is 65.9 Å². The van der Waals surface area contributed by atoms with Crippen LogP contribution in [0.5, 0.6) is 5.75 Å². The lowest BCUT2D eigenvalue weighted by Gasteiger charge is -2.14. The van der Waals surface area contributed by atoms with Crippen molar-refractivity contribution >= 4 is 72.1 Å². The maximum Gasteiger partial charge on any atom is 0.266 e. The summed E-state index contributed by atoms with van der Waals surface area (Å²) in [5.74, 6) is 0.192. The predicted molar refractivity (Wildman–Crippen MR) is 142 cm³/mol. The zero-order chi connectivity index (χ0) is 23.5. The van der Waals surface area contributed by atoms with E-state index in [4.69, 9.17) is 17.0 Å². The molecule has 0 unspecified atom stereocenters. The standard InChI is InChI=1S/C25H18Br2FNO2S2/c1-15-5-7-16(8-6-15)13-29-24(30)22(33-25(29)32)12-18-10-20(26)23(21(27)11-18)31-14-17-3-2-4-19(28)9-17/h2-12H,13-14H2,1H3/b22-12-. The second-order valence-corrected chi connectivity index (χ2v) is 10.9. The summed E-state index contributed by atoms with van der Waals surface area (Å²) in [6.45, 7) is 2.70. The minimum atomic E-state index is -0.302. The molecule has 0 aromatic heterocycles. The molecule has 1 fully saturated rings. The molecule has 3 nitrogen and oxygen atoms in total. The van der Waals surface area contributed by atoms with E-state index >= 15 is 0 Å². The van der Waals surface area contributed by atoms with Crippen molar-refractivity contribution in [2.24, 2.45) is 0 Å². The summed E-state index contributed by atoms with van der Waals surface area (Å²) in [7, 11) is 0. The molecule has 0 bridgehead atoms. The first-order chi connectivity index (χ1) is 15.8. The van der Waals surface area contributed by atoms with Crippen LogP contribution >= 0.6 is 55.8 Å². The number of carbonyl (C=O) groups is 1. The molecule has 0 N–H and O–H groups in total. The molecule has 3 aromatic rings. The fraction of sp³-hybridized carbons (Fsp3) is 0.120. The van der Waals surface area contributed by atoms with Gasteiger partial charge in [0, 0.05) is 0 Å². The average Bonchev–Trinajstić information content (AvgIpc) is 3.02. The fourth-order valence-electron chi connectivity index (χ4n) is 3.25. The van der Waals surface area contributed by atoms with E-state index in [0.29, 0.717) is 21.5 Å². The van der Waals surface area contributed by atoms with Crippen molar-refractivity contribution in [3.05, 3.63) is 103 Å². The van der Waals surface area contributed by atoms with Gasteiger partial charge >= 0.3 is 0 Å². The second-order valence-electron chi connectivity index (χ2n) is 7.49. The number of carbonyl (C=O) groups excluding carboxylic acids is 1. The number of halogens is 3. The summed E-state index contributed by atoms with van der Waals surface area (Å²) in [5, 5.41) is 0. The molecule has 0 saturated carbocycles. The Morgan fingerprint density at radius 1 is 1.06 bits per heavy atom. The van der Waals surface area contributed by atoms with E-state index in [1.807, 2.05) is 49.4 Å². The molecule has 1 aliphatic rings. The Morgan fingerprint density at radius 3 is 2.42 bits per heavy atom. The van der Waals surface area contributed by atoms with Gasteiger partial charge in [-0.3, -0.25) is 9.69 Å². The van der Waals surface area contributed by atoms with Gasteiger partial charge in [-0.05, 0) is 85.8 Å². The molecular formula is C25H18Br2FNO2S2. The number of thiocarbonyl (C=S) groups is 1. The van der Waals surface area contributed by atoms with Gasteiger partial charge in [-0.2, -0.15) is 0 Å². The maximum absolute atomic E-state index is 13.4. The normalized spacial score (nSPS) is 14.9. The van der Waals surface area contributed by atoms with Crippen LogP contribution in [-0.2, 0) is 17.9 Å². The lowest BCUT2D eigenvalue weighted by Crippen LogP contribution is -2.27. The first kappa shape index (κ1) is 24.1. The van der Waals surface area contributed by atoms with Crippen LogP contribution in [0.25, 0.3) is 6.08 Å². The van der Waals surface area contributed by atoms with Crippen LogP contribution in [0.2, 0.25) is 0 Å². The van der Waals surface area contributed by atoms with E-state index in [9.17, 15) is 9.18 Å². The first-order valence-corrected chi connectivity index (χ1v) is 12.8. The highest BCUT2D eigenvalue weighted by Gasteiger charge is 2.32. The largest absolute Gasteiger partial charge is 0.487 e. The van der Waals surface area contributed by atoms with Crippen molar-refractivity contribution in [3.63, 3.8) is 0 Å². The van der Waals surface area contributed by atoms with Gasteiger partial charge in [-0.25, -0.2) is 4.39 Å². The van der Waals surface area contributed by atoms with Crippen LogP contribution < -0.4 is 4.74 Å². The molecule has 1 amide bonds. The highest BCUT2D eigenvalue weighted by molar-refractivity contribution is 9.11. The van der Waals surface area contributed by atoms with Crippen molar-refractivity contribution in [2.45, 2.75) is 20.1 Å². The second kappa shape index (κ2) is 10.5. The smallest absolute Gasteiger partial charge is 0.266 e. The summed E-state index contributed by atoms with van der Waals surface area (Å²) < 4.78 is 21.3. The fourth-order valence-corrected chi connectivity index (χ4v) is 5.95. The number of thioether (sulfide) groups is 1. The van der Waals surface area contributed by atoms with Crippen molar-refractivity contribution in [2.75, 3.05) is 0 Å². The molecule has 0 aliphatic carbocycles. The van der Waals surface area contributed by atoms with E-state index in [2.05, 4.69) is 31.9 Å². The summed E-state index contributed by atoms with van der Waals surface area (Å²) in [5.41, 5.74) is 3.75. The molecule has 0 spiro atoms. The number of nitrogens with zero attached hydrogens (tertiary/aromatic N) is 1. The Balaban J connectivity index is 1.49. The third-order valence-electron chi connectivity index (χ3n) is 4.93. The summed E-state index contributed by atoms with van der Waals surface area (Å²) in [4.78, 5) is 15.2. The summed E-state index contributed by atoms with van der Waals surface area (Å²) >= 11 is 13.8.